The van der Waals surface area contributed by atoms with Crippen molar-refractivity contribution in [3.63, 3.8) is 0 Å². The number of nitrogens with zero attached hydrogens (tertiary/aromatic N) is 2. The Morgan fingerprint density at radius 3 is 2.93 bits per heavy atom. The fraction of sp³-hybridized carbons (Fsp3) is 0.750. The van der Waals surface area contributed by atoms with Crippen molar-refractivity contribution in [2.45, 2.75) is 46.7 Å². The number of hydrogen-bond donors (Lipinski definition) is 1. The lowest BCUT2D eigenvalue weighted by molar-refractivity contribution is 0.468. The molecule has 1 heterocycles. The van der Waals surface area contributed by atoms with E-state index in [0.717, 1.165) is 31.2 Å². The van der Waals surface area contributed by atoms with Gasteiger partial charge in [0.15, 0.2) is 0 Å². The third-order valence-corrected chi connectivity index (χ3v) is 2.64. The molecule has 1 aromatic heterocycles. The van der Waals surface area contributed by atoms with Crippen molar-refractivity contribution in [2.75, 3.05) is 6.54 Å². The van der Waals surface area contributed by atoms with Crippen LogP contribution >= 0.6 is 0 Å². The normalized spacial score (nSPS) is 13.0. The van der Waals surface area contributed by atoms with E-state index in [-0.39, 0.29) is 0 Å². The number of hydrogen-bond acceptors (Lipinski definition) is 2. The standard InChI is InChI=1S/C12H23N3/c1-4-6-13-7-12-9-15(10-14-12)8-11(3)5-2/h9-11,13H,4-8H2,1-3H3. The van der Waals surface area contributed by atoms with Gasteiger partial charge in [0, 0.05) is 19.3 Å². The molecule has 0 saturated heterocycles. The lowest BCUT2D eigenvalue weighted by atomic mass is 10.1. The van der Waals surface area contributed by atoms with Crippen LogP contribution in [0.2, 0.25) is 0 Å². The van der Waals surface area contributed by atoms with Gasteiger partial charge in [-0.1, -0.05) is 27.2 Å². The van der Waals surface area contributed by atoms with Gasteiger partial charge in [0.2, 0.25) is 0 Å². The highest BCUT2D eigenvalue weighted by molar-refractivity contribution is 4.96. The molecular weight excluding hydrogens is 186 g/mol. The quantitative estimate of drug-likeness (QED) is 0.699. The molecule has 0 fully saturated rings. The monoisotopic (exact) mass is 209 g/mol. The first-order chi connectivity index (χ1) is 7.26. The van der Waals surface area contributed by atoms with E-state index in [2.05, 4.69) is 41.8 Å². The van der Waals surface area contributed by atoms with E-state index in [1.807, 2.05) is 6.33 Å². The molecular formula is C12H23N3. The first-order valence-electron chi connectivity index (χ1n) is 5.97. The smallest absolute Gasteiger partial charge is 0.0950 e. The lowest BCUT2D eigenvalue weighted by Crippen LogP contribution is -2.14. The Bertz CT molecular complexity index is 268. The molecule has 0 aliphatic heterocycles. The van der Waals surface area contributed by atoms with Crippen LogP contribution < -0.4 is 5.32 Å². The van der Waals surface area contributed by atoms with E-state index in [1.165, 1.54) is 12.8 Å². The van der Waals surface area contributed by atoms with Gasteiger partial charge in [-0.2, -0.15) is 0 Å². The van der Waals surface area contributed by atoms with Gasteiger partial charge in [-0.25, -0.2) is 4.98 Å². The van der Waals surface area contributed by atoms with Crippen LogP contribution in [0.25, 0.3) is 0 Å². The molecule has 0 amide bonds. The maximum absolute atomic E-state index is 4.38. The van der Waals surface area contributed by atoms with Gasteiger partial charge in [0.1, 0.15) is 0 Å². The van der Waals surface area contributed by atoms with Gasteiger partial charge >= 0.3 is 0 Å². The summed E-state index contributed by atoms with van der Waals surface area (Å²) in [5.41, 5.74) is 1.15. The van der Waals surface area contributed by atoms with Gasteiger partial charge in [0.05, 0.1) is 12.0 Å². The SMILES string of the molecule is CCCNCc1cn(CC(C)CC)cn1. The summed E-state index contributed by atoms with van der Waals surface area (Å²) in [5.74, 6) is 0.732. The second-order valence-corrected chi connectivity index (χ2v) is 4.25. The first-order valence-corrected chi connectivity index (χ1v) is 5.97. The largest absolute Gasteiger partial charge is 0.337 e. The summed E-state index contributed by atoms with van der Waals surface area (Å²) in [6.07, 6.45) is 6.49. The van der Waals surface area contributed by atoms with E-state index in [1.54, 1.807) is 0 Å². The molecule has 3 heteroatoms. The fourth-order valence-electron chi connectivity index (χ4n) is 1.48. The molecule has 1 rings (SSSR count). The molecule has 0 aromatic carbocycles. The van der Waals surface area contributed by atoms with E-state index in [0.29, 0.717) is 0 Å². The average molecular weight is 209 g/mol. The summed E-state index contributed by atoms with van der Waals surface area (Å²) < 4.78 is 2.19. The van der Waals surface area contributed by atoms with E-state index in [4.69, 9.17) is 0 Å². The van der Waals surface area contributed by atoms with Crippen LogP contribution in [0.4, 0.5) is 0 Å². The zero-order valence-corrected chi connectivity index (χ0v) is 10.2. The Balaban J connectivity index is 2.35. The molecule has 0 spiro atoms. The van der Waals surface area contributed by atoms with Crippen molar-refractivity contribution in [2.24, 2.45) is 5.92 Å². The third-order valence-electron chi connectivity index (χ3n) is 2.64. The molecule has 1 atom stereocenters. The predicted molar refractivity (Wildman–Crippen MR) is 63.7 cm³/mol. The molecule has 3 nitrogen and oxygen atoms in total. The number of imidazole rings is 1. The van der Waals surface area contributed by atoms with Gasteiger partial charge < -0.3 is 9.88 Å². The Kier molecular flexibility index (Phi) is 5.40. The zero-order chi connectivity index (χ0) is 11.1. The minimum absolute atomic E-state index is 0.732. The summed E-state index contributed by atoms with van der Waals surface area (Å²) in [6, 6.07) is 0. The van der Waals surface area contributed by atoms with E-state index < -0.39 is 0 Å². The van der Waals surface area contributed by atoms with Crippen LogP contribution in [0.5, 0.6) is 0 Å². The minimum Gasteiger partial charge on any atom is -0.337 e. The highest BCUT2D eigenvalue weighted by atomic mass is 15.0. The summed E-state index contributed by atoms with van der Waals surface area (Å²) >= 11 is 0. The Labute approximate surface area is 92.9 Å². The molecule has 1 aromatic rings. The predicted octanol–water partition coefficient (Wildman–Crippen LogP) is 2.43. The summed E-state index contributed by atoms with van der Waals surface area (Å²) in [4.78, 5) is 4.38. The Hall–Kier alpha value is -0.830. The molecule has 0 radical (unpaired) electrons. The highest BCUT2D eigenvalue weighted by Gasteiger charge is 2.02. The Morgan fingerprint density at radius 1 is 1.47 bits per heavy atom. The molecule has 1 unspecified atom stereocenters. The highest BCUT2D eigenvalue weighted by Crippen LogP contribution is 2.05. The van der Waals surface area contributed by atoms with E-state index in [9.17, 15) is 0 Å². The van der Waals surface area contributed by atoms with Crippen LogP contribution in [-0.2, 0) is 13.1 Å². The van der Waals surface area contributed by atoms with Crippen molar-refractivity contribution in [1.29, 1.82) is 0 Å². The van der Waals surface area contributed by atoms with Crippen molar-refractivity contribution < 1.29 is 0 Å². The van der Waals surface area contributed by atoms with Gasteiger partial charge in [-0.15, -0.1) is 0 Å². The van der Waals surface area contributed by atoms with Crippen molar-refractivity contribution in [3.05, 3.63) is 18.2 Å². The lowest BCUT2D eigenvalue weighted by Gasteiger charge is -2.08. The number of rotatable bonds is 7. The second-order valence-electron chi connectivity index (χ2n) is 4.25. The molecule has 0 aliphatic rings. The molecule has 86 valence electrons. The number of nitrogens with one attached hydrogen (secondary N) is 1. The van der Waals surface area contributed by atoms with Crippen molar-refractivity contribution >= 4 is 0 Å². The maximum atomic E-state index is 4.38. The maximum Gasteiger partial charge on any atom is 0.0950 e. The summed E-state index contributed by atoms with van der Waals surface area (Å²) in [5, 5.41) is 3.36. The molecule has 15 heavy (non-hydrogen) atoms. The van der Waals surface area contributed by atoms with E-state index >= 15 is 0 Å². The number of aromatic nitrogens is 2. The summed E-state index contributed by atoms with van der Waals surface area (Å²) in [7, 11) is 0. The molecule has 0 aliphatic carbocycles. The van der Waals surface area contributed by atoms with Crippen LogP contribution in [0, 0.1) is 5.92 Å². The minimum atomic E-state index is 0.732. The first kappa shape index (κ1) is 12.2. The Morgan fingerprint density at radius 2 is 2.27 bits per heavy atom. The molecule has 1 N–H and O–H groups in total. The van der Waals surface area contributed by atoms with Crippen molar-refractivity contribution in [3.8, 4) is 0 Å². The fourth-order valence-corrected chi connectivity index (χ4v) is 1.48. The van der Waals surface area contributed by atoms with Crippen LogP contribution in [0.3, 0.4) is 0 Å². The second kappa shape index (κ2) is 6.62. The third kappa shape index (κ3) is 4.47. The molecule has 0 bridgehead atoms. The van der Waals surface area contributed by atoms with Gasteiger partial charge in [-0.05, 0) is 18.9 Å². The van der Waals surface area contributed by atoms with Crippen molar-refractivity contribution in [1.82, 2.24) is 14.9 Å². The van der Waals surface area contributed by atoms with Gasteiger partial charge in [-0.3, -0.25) is 0 Å². The zero-order valence-electron chi connectivity index (χ0n) is 10.2. The topological polar surface area (TPSA) is 29.9 Å². The van der Waals surface area contributed by atoms with Gasteiger partial charge in [0.25, 0.3) is 0 Å². The van der Waals surface area contributed by atoms with Crippen LogP contribution in [-0.4, -0.2) is 16.1 Å². The molecule has 0 saturated carbocycles. The summed E-state index contributed by atoms with van der Waals surface area (Å²) in [6.45, 7) is 9.71. The van der Waals surface area contributed by atoms with Crippen LogP contribution in [0.1, 0.15) is 39.3 Å². The van der Waals surface area contributed by atoms with Crippen LogP contribution in [0.15, 0.2) is 12.5 Å². The average Bonchev–Trinajstić information content (AvgIpc) is 2.66.